The monoisotopic (exact) mass is 388 g/mol. The van der Waals surface area contributed by atoms with Crippen molar-refractivity contribution in [3.05, 3.63) is 77.9 Å². The van der Waals surface area contributed by atoms with Crippen molar-refractivity contribution in [2.45, 2.75) is 13.5 Å². The Morgan fingerprint density at radius 3 is 2.55 bits per heavy atom. The Balaban J connectivity index is 1.37. The van der Waals surface area contributed by atoms with Gasteiger partial charge in [0, 0.05) is 44.3 Å². The zero-order chi connectivity index (χ0) is 20.1. The molecular formula is C22H24N6O. The Kier molecular flexibility index (Phi) is 5.65. The summed E-state index contributed by atoms with van der Waals surface area (Å²) < 4.78 is 0. The van der Waals surface area contributed by atoms with Crippen LogP contribution in [0.1, 0.15) is 21.7 Å². The quantitative estimate of drug-likeness (QED) is 0.724. The van der Waals surface area contributed by atoms with Gasteiger partial charge in [-0.2, -0.15) is 0 Å². The second kappa shape index (κ2) is 8.68. The second-order valence-electron chi connectivity index (χ2n) is 7.06. The van der Waals surface area contributed by atoms with Gasteiger partial charge in [-0.15, -0.1) is 0 Å². The maximum absolute atomic E-state index is 12.5. The first kappa shape index (κ1) is 18.9. The summed E-state index contributed by atoms with van der Waals surface area (Å²) in [5.41, 5.74) is 3.68. The average molecular weight is 388 g/mol. The maximum atomic E-state index is 12.5. The fourth-order valence-corrected chi connectivity index (χ4v) is 3.38. The van der Waals surface area contributed by atoms with Gasteiger partial charge in [-0.3, -0.25) is 9.78 Å². The Hall–Kier alpha value is -3.48. The minimum atomic E-state index is -0.224. The van der Waals surface area contributed by atoms with Crippen LogP contribution in [0.3, 0.4) is 0 Å². The summed E-state index contributed by atoms with van der Waals surface area (Å²) >= 11 is 0. The number of amides is 1. The molecule has 1 aliphatic heterocycles. The fraction of sp³-hybridized carbons (Fsp3) is 0.273. The molecule has 1 aromatic carbocycles. The normalized spacial score (nSPS) is 14.0. The van der Waals surface area contributed by atoms with Crippen LogP contribution in [0.2, 0.25) is 0 Å². The molecule has 4 rings (SSSR count). The first-order valence-corrected chi connectivity index (χ1v) is 9.77. The van der Waals surface area contributed by atoms with Gasteiger partial charge in [0.15, 0.2) is 0 Å². The number of rotatable bonds is 5. The van der Waals surface area contributed by atoms with Gasteiger partial charge in [-0.25, -0.2) is 9.97 Å². The summed E-state index contributed by atoms with van der Waals surface area (Å²) in [5, 5.41) is 2.86. The van der Waals surface area contributed by atoms with Gasteiger partial charge in [0.1, 0.15) is 5.69 Å². The van der Waals surface area contributed by atoms with Gasteiger partial charge in [-0.1, -0.05) is 18.2 Å². The number of hydrogen-bond donors (Lipinski definition) is 1. The molecule has 1 amide bonds. The number of hydrogen-bond acceptors (Lipinski definition) is 6. The molecule has 3 heterocycles. The molecule has 0 atom stereocenters. The number of anilines is 2. The summed E-state index contributed by atoms with van der Waals surface area (Å²) in [4.78, 5) is 30.0. The lowest BCUT2D eigenvalue weighted by molar-refractivity contribution is 0.0945. The van der Waals surface area contributed by atoms with E-state index < -0.39 is 0 Å². The molecule has 0 saturated carbocycles. The van der Waals surface area contributed by atoms with Crippen LogP contribution in [-0.2, 0) is 6.54 Å². The number of nitrogens with one attached hydrogen (secondary N) is 1. The lowest BCUT2D eigenvalue weighted by atomic mass is 10.2. The van der Waals surface area contributed by atoms with E-state index in [2.05, 4.69) is 61.3 Å². The van der Waals surface area contributed by atoms with Gasteiger partial charge in [0.25, 0.3) is 5.91 Å². The first-order chi connectivity index (χ1) is 14.2. The van der Waals surface area contributed by atoms with Crippen LogP contribution in [-0.4, -0.2) is 47.0 Å². The molecule has 3 aromatic rings. The highest BCUT2D eigenvalue weighted by molar-refractivity contribution is 5.92. The third-order valence-corrected chi connectivity index (χ3v) is 4.96. The van der Waals surface area contributed by atoms with Crippen LogP contribution >= 0.6 is 0 Å². The van der Waals surface area contributed by atoms with Crippen molar-refractivity contribution in [3.8, 4) is 0 Å². The molecule has 0 spiro atoms. The molecule has 2 aromatic heterocycles. The summed E-state index contributed by atoms with van der Waals surface area (Å²) in [5.74, 6) is 0.372. The van der Waals surface area contributed by atoms with Crippen molar-refractivity contribution in [2.24, 2.45) is 0 Å². The topological polar surface area (TPSA) is 74.2 Å². The molecule has 148 valence electrons. The van der Waals surface area contributed by atoms with E-state index in [0.29, 0.717) is 18.2 Å². The highest BCUT2D eigenvalue weighted by Gasteiger charge is 2.20. The van der Waals surface area contributed by atoms with Crippen molar-refractivity contribution in [2.75, 3.05) is 36.0 Å². The van der Waals surface area contributed by atoms with E-state index in [9.17, 15) is 4.79 Å². The van der Waals surface area contributed by atoms with E-state index in [1.807, 2.05) is 18.2 Å². The highest BCUT2D eigenvalue weighted by atomic mass is 16.1. The van der Waals surface area contributed by atoms with Crippen LogP contribution in [0.5, 0.6) is 0 Å². The van der Waals surface area contributed by atoms with E-state index in [1.54, 1.807) is 18.5 Å². The minimum Gasteiger partial charge on any atom is -0.368 e. The molecule has 1 saturated heterocycles. The van der Waals surface area contributed by atoms with Crippen molar-refractivity contribution >= 4 is 17.5 Å². The van der Waals surface area contributed by atoms with Crippen molar-refractivity contribution in [1.29, 1.82) is 0 Å². The number of pyridine rings is 1. The van der Waals surface area contributed by atoms with Crippen molar-refractivity contribution < 1.29 is 4.79 Å². The summed E-state index contributed by atoms with van der Waals surface area (Å²) in [7, 11) is 0. The van der Waals surface area contributed by atoms with E-state index in [0.717, 1.165) is 31.9 Å². The predicted octanol–water partition coefficient (Wildman–Crippen LogP) is 2.44. The third-order valence-electron chi connectivity index (χ3n) is 4.96. The second-order valence-corrected chi connectivity index (χ2v) is 7.06. The lowest BCUT2D eigenvalue weighted by Gasteiger charge is -2.36. The number of benzene rings is 1. The zero-order valence-corrected chi connectivity index (χ0v) is 16.5. The van der Waals surface area contributed by atoms with Gasteiger partial charge in [-0.05, 0) is 42.8 Å². The Morgan fingerprint density at radius 1 is 0.966 bits per heavy atom. The number of aryl methyl sites for hydroxylation is 1. The van der Waals surface area contributed by atoms with Gasteiger partial charge in [0.05, 0.1) is 12.2 Å². The van der Waals surface area contributed by atoms with E-state index >= 15 is 0 Å². The highest BCUT2D eigenvalue weighted by Crippen LogP contribution is 2.19. The van der Waals surface area contributed by atoms with Crippen molar-refractivity contribution in [3.63, 3.8) is 0 Å². The summed E-state index contributed by atoms with van der Waals surface area (Å²) in [6.45, 7) is 5.89. The van der Waals surface area contributed by atoms with Gasteiger partial charge >= 0.3 is 0 Å². The molecule has 1 N–H and O–H groups in total. The number of nitrogens with zero attached hydrogens (tertiary/aromatic N) is 5. The van der Waals surface area contributed by atoms with Crippen LogP contribution < -0.4 is 15.1 Å². The van der Waals surface area contributed by atoms with Crippen LogP contribution in [0, 0.1) is 6.92 Å². The summed E-state index contributed by atoms with van der Waals surface area (Å²) in [6.07, 6.45) is 3.35. The SMILES string of the molecule is Cc1cccc(N2CCN(c3nccc(C(=O)NCc4ccccn4)n3)CC2)c1. The lowest BCUT2D eigenvalue weighted by Crippen LogP contribution is -2.47. The molecule has 1 aliphatic rings. The Morgan fingerprint density at radius 2 is 1.79 bits per heavy atom. The first-order valence-electron chi connectivity index (χ1n) is 9.77. The molecule has 0 bridgehead atoms. The van der Waals surface area contributed by atoms with Crippen LogP contribution in [0.25, 0.3) is 0 Å². The van der Waals surface area contributed by atoms with Gasteiger partial charge in [0.2, 0.25) is 5.95 Å². The number of aromatic nitrogens is 3. The average Bonchev–Trinajstić information content (AvgIpc) is 2.78. The largest absolute Gasteiger partial charge is 0.368 e. The van der Waals surface area contributed by atoms with E-state index in [4.69, 9.17) is 0 Å². The van der Waals surface area contributed by atoms with Gasteiger partial charge < -0.3 is 15.1 Å². The molecule has 0 unspecified atom stereocenters. The minimum absolute atomic E-state index is 0.224. The van der Waals surface area contributed by atoms with Crippen molar-refractivity contribution in [1.82, 2.24) is 20.3 Å². The molecule has 0 aliphatic carbocycles. The molecule has 7 nitrogen and oxygen atoms in total. The fourth-order valence-electron chi connectivity index (χ4n) is 3.38. The third kappa shape index (κ3) is 4.68. The van der Waals surface area contributed by atoms with Crippen LogP contribution in [0.4, 0.5) is 11.6 Å². The number of piperazine rings is 1. The molecule has 29 heavy (non-hydrogen) atoms. The molecule has 7 heteroatoms. The molecule has 1 fully saturated rings. The van der Waals surface area contributed by atoms with Crippen LogP contribution in [0.15, 0.2) is 60.9 Å². The zero-order valence-electron chi connectivity index (χ0n) is 16.5. The molecular weight excluding hydrogens is 364 g/mol. The smallest absolute Gasteiger partial charge is 0.270 e. The van der Waals surface area contributed by atoms with E-state index in [-0.39, 0.29) is 5.91 Å². The Bertz CT molecular complexity index is 970. The standard InChI is InChI=1S/C22H24N6O/c1-17-5-4-7-19(15-17)27-11-13-28(14-12-27)22-24-10-8-20(26-22)21(29)25-16-18-6-2-3-9-23-18/h2-10,15H,11-14,16H2,1H3,(H,25,29). The maximum Gasteiger partial charge on any atom is 0.270 e. The Labute approximate surface area is 170 Å². The number of carbonyl (C=O) groups excluding carboxylic acids is 1. The number of carbonyl (C=O) groups is 1. The summed E-state index contributed by atoms with van der Waals surface area (Å²) in [6, 6.07) is 15.8. The predicted molar refractivity (Wildman–Crippen MR) is 113 cm³/mol. The van der Waals surface area contributed by atoms with E-state index in [1.165, 1.54) is 11.3 Å². The molecule has 0 radical (unpaired) electrons.